The molecule has 0 spiro atoms. The van der Waals surface area contributed by atoms with Gasteiger partial charge in [0.25, 0.3) is 0 Å². The van der Waals surface area contributed by atoms with E-state index in [4.69, 9.17) is 11.6 Å². The van der Waals surface area contributed by atoms with Crippen LogP contribution in [-0.4, -0.2) is 23.1 Å². The van der Waals surface area contributed by atoms with Gasteiger partial charge >= 0.3 is 0 Å². The maximum absolute atomic E-state index is 6.15. The molecule has 0 unspecified atom stereocenters. The highest BCUT2D eigenvalue weighted by atomic mass is 35.5. The Kier molecular flexibility index (Phi) is 5.81. The largest absolute Gasteiger partial charge is 0.356 e. The Morgan fingerprint density at radius 3 is 2.48 bits per heavy atom. The fourth-order valence-corrected chi connectivity index (χ4v) is 2.33. The fourth-order valence-electron chi connectivity index (χ4n) is 2.15. The second-order valence-electron chi connectivity index (χ2n) is 4.83. The third kappa shape index (κ3) is 4.33. The van der Waals surface area contributed by atoms with Gasteiger partial charge in [-0.2, -0.15) is 4.98 Å². The lowest BCUT2D eigenvalue weighted by atomic mass is 10.3. The number of nitrogens with one attached hydrogen (secondary N) is 1. The van der Waals surface area contributed by atoms with Gasteiger partial charge in [-0.05, 0) is 31.0 Å². The number of para-hydroxylation sites is 1. The van der Waals surface area contributed by atoms with Crippen LogP contribution in [0.1, 0.15) is 26.7 Å². The predicted molar refractivity (Wildman–Crippen MR) is 89.6 cm³/mol. The summed E-state index contributed by atoms with van der Waals surface area (Å²) in [7, 11) is 0. The Labute approximate surface area is 131 Å². The number of benzene rings is 1. The first-order valence-corrected chi connectivity index (χ1v) is 7.72. The van der Waals surface area contributed by atoms with Crippen LogP contribution in [0.2, 0.25) is 5.02 Å². The van der Waals surface area contributed by atoms with E-state index >= 15 is 0 Å². The second kappa shape index (κ2) is 7.84. The van der Waals surface area contributed by atoms with E-state index in [2.05, 4.69) is 34.0 Å². The highest BCUT2D eigenvalue weighted by Gasteiger charge is 2.08. The first-order chi connectivity index (χ1) is 10.2. The molecule has 0 aliphatic heterocycles. The van der Waals surface area contributed by atoms with Gasteiger partial charge in [-0.3, -0.25) is 0 Å². The molecule has 5 heteroatoms. The van der Waals surface area contributed by atoms with Crippen molar-refractivity contribution in [2.45, 2.75) is 26.7 Å². The van der Waals surface area contributed by atoms with Gasteiger partial charge < -0.3 is 10.2 Å². The molecular formula is C16H21ClN4. The van der Waals surface area contributed by atoms with E-state index in [0.717, 1.165) is 37.4 Å². The van der Waals surface area contributed by atoms with Crippen LogP contribution < -0.4 is 10.2 Å². The monoisotopic (exact) mass is 304 g/mol. The van der Waals surface area contributed by atoms with Gasteiger partial charge in [0.2, 0.25) is 5.95 Å². The molecule has 0 bridgehead atoms. The fraction of sp³-hybridized carbons (Fsp3) is 0.375. The summed E-state index contributed by atoms with van der Waals surface area (Å²) in [4.78, 5) is 11.1. The zero-order valence-corrected chi connectivity index (χ0v) is 13.3. The highest BCUT2D eigenvalue weighted by Crippen LogP contribution is 2.24. The molecule has 0 atom stereocenters. The lowest BCUT2D eigenvalue weighted by molar-refractivity contribution is 0.733. The summed E-state index contributed by atoms with van der Waals surface area (Å²) in [5, 5.41) is 3.83. The number of halogens is 1. The van der Waals surface area contributed by atoms with Gasteiger partial charge in [0.15, 0.2) is 0 Å². The van der Waals surface area contributed by atoms with E-state index in [1.165, 1.54) is 0 Å². The summed E-state index contributed by atoms with van der Waals surface area (Å²) in [6.45, 7) is 6.34. The van der Waals surface area contributed by atoms with Crippen molar-refractivity contribution in [3.05, 3.63) is 41.6 Å². The van der Waals surface area contributed by atoms with Gasteiger partial charge in [0.1, 0.15) is 5.82 Å². The third-order valence-electron chi connectivity index (χ3n) is 3.07. The molecule has 21 heavy (non-hydrogen) atoms. The lowest BCUT2D eigenvalue weighted by Gasteiger charge is -2.22. The van der Waals surface area contributed by atoms with Crippen molar-refractivity contribution in [3.63, 3.8) is 0 Å². The normalized spacial score (nSPS) is 10.4. The molecule has 2 rings (SSSR count). The maximum atomic E-state index is 6.15. The van der Waals surface area contributed by atoms with E-state index < -0.39 is 0 Å². The molecule has 0 saturated carbocycles. The molecular weight excluding hydrogens is 284 g/mol. The minimum absolute atomic E-state index is 0.567. The van der Waals surface area contributed by atoms with Crippen LogP contribution in [0.3, 0.4) is 0 Å². The summed E-state index contributed by atoms with van der Waals surface area (Å²) < 4.78 is 0. The molecule has 2 aromatic rings. The predicted octanol–water partition coefficient (Wildman–Crippen LogP) is 4.50. The SMILES string of the molecule is CCCN(CCC)c1ccnc(Nc2ccccc2Cl)n1. The Hall–Kier alpha value is -1.81. The molecule has 1 heterocycles. The van der Waals surface area contributed by atoms with E-state index in [0.29, 0.717) is 11.0 Å². The van der Waals surface area contributed by atoms with Gasteiger partial charge in [-0.15, -0.1) is 0 Å². The van der Waals surface area contributed by atoms with Crippen LogP contribution in [0.4, 0.5) is 17.5 Å². The number of anilines is 3. The molecule has 0 saturated heterocycles. The summed E-state index contributed by atoms with van der Waals surface area (Å²) in [6.07, 6.45) is 3.97. The molecule has 0 amide bonds. The van der Waals surface area contributed by atoms with Gasteiger partial charge in [0, 0.05) is 19.3 Å². The Bertz CT molecular complexity index is 568. The summed E-state index contributed by atoms with van der Waals surface area (Å²) in [6, 6.07) is 9.53. The lowest BCUT2D eigenvalue weighted by Crippen LogP contribution is -2.26. The second-order valence-corrected chi connectivity index (χ2v) is 5.24. The quantitative estimate of drug-likeness (QED) is 0.817. The molecule has 1 N–H and O–H groups in total. The molecule has 1 aromatic carbocycles. The van der Waals surface area contributed by atoms with Crippen LogP contribution in [-0.2, 0) is 0 Å². The minimum Gasteiger partial charge on any atom is -0.356 e. The Balaban J connectivity index is 2.18. The minimum atomic E-state index is 0.567. The van der Waals surface area contributed by atoms with Gasteiger partial charge in [-0.1, -0.05) is 37.6 Å². The summed E-state index contributed by atoms with van der Waals surface area (Å²) in [5.41, 5.74) is 0.814. The third-order valence-corrected chi connectivity index (χ3v) is 3.40. The highest BCUT2D eigenvalue weighted by molar-refractivity contribution is 6.33. The number of nitrogens with zero attached hydrogens (tertiary/aromatic N) is 3. The van der Waals surface area contributed by atoms with Crippen molar-refractivity contribution in [1.82, 2.24) is 9.97 Å². The maximum Gasteiger partial charge on any atom is 0.229 e. The van der Waals surface area contributed by atoms with E-state index in [1.807, 2.05) is 30.3 Å². The van der Waals surface area contributed by atoms with E-state index in [9.17, 15) is 0 Å². The molecule has 0 aliphatic rings. The molecule has 1 aromatic heterocycles. The molecule has 0 fully saturated rings. The van der Waals surface area contributed by atoms with Crippen molar-refractivity contribution in [2.24, 2.45) is 0 Å². The van der Waals surface area contributed by atoms with Crippen molar-refractivity contribution in [3.8, 4) is 0 Å². The van der Waals surface area contributed by atoms with Crippen LogP contribution in [0.25, 0.3) is 0 Å². The number of hydrogen-bond acceptors (Lipinski definition) is 4. The summed E-state index contributed by atoms with van der Waals surface area (Å²) in [5.74, 6) is 1.51. The topological polar surface area (TPSA) is 41.1 Å². The van der Waals surface area contributed by atoms with Crippen LogP contribution in [0.15, 0.2) is 36.5 Å². The average Bonchev–Trinajstić information content (AvgIpc) is 2.50. The van der Waals surface area contributed by atoms with E-state index in [1.54, 1.807) is 6.20 Å². The molecule has 112 valence electrons. The van der Waals surface area contributed by atoms with Crippen LogP contribution >= 0.6 is 11.6 Å². The van der Waals surface area contributed by atoms with E-state index in [-0.39, 0.29) is 0 Å². The van der Waals surface area contributed by atoms with Crippen LogP contribution in [0.5, 0.6) is 0 Å². The van der Waals surface area contributed by atoms with Gasteiger partial charge in [-0.25, -0.2) is 4.98 Å². The molecule has 4 nitrogen and oxygen atoms in total. The zero-order valence-electron chi connectivity index (χ0n) is 12.5. The smallest absolute Gasteiger partial charge is 0.229 e. The van der Waals surface area contributed by atoms with Crippen molar-refractivity contribution in [1.29, 1.82) is 0 Å². The Morgan fingerprint density at radius 1 is 1.10 bits per heavy atom. The van der Waals surface area contributed by atoms with Crippen molar-refractivity contribution < 1.29 is 0 Å². The van der Waals surface area contributed by atoms with Crippen molar-refractivity contribution >= 4 is 29.1 Å². The standard InChI is InChI=1S/C16H21ClN4/c1-3-11-21(12-4-2)15-9-10-18-16(20-15)19-14-8-6-5-7-13(14)17/h5-10H,3-4,11-12H2,1-2H3,(H,18,19,20). The number of rotatable bonds is 7. The number of aromatic nitrogens is 2. The van der Waals surface area contributed by atoms with Crippen LogP contribution in [0, 0.1) is 0 Å². The molecule has 0 aliphatic carbocycles. The van der Waals surface area contributed by atoms with Gasteiger partial charge in [0.05, 0.1) is 10.7 Å². The average molecular weight is 305 g/mol. The Morgan fingerprint density at radius 2 is 1.81 bits per heavy atom. The zero-order chi connectivity index (χ0) is 15.1. The number of hydrogen-bond donors (Lipinski definition) is 1. The summed E-state index contributed by atoms with van der Waals surface area (Å²) >= 11 is 6.15. The first-order valence-electron chi connectivity index (χ1n) is 7.34. The first kappa shape index (κ1) is 15.6. The van der Waals surface area contributed by atoms with Crippen molar-refractivity contribution in [2.75, 3.05) is 23.3 Å². The molecule has 0 radical (unpaired) electrons.